The number of nitrogens with zero attached hydrogens (tertiary/aromatic N) is 1. The quantitative estimate of drug-likeness (QED) is 0.238. The molecule has 33 heavy (non-hydrogen) atoms. The molecule has 0 aromatic heterocycles. The Balaban J connectivity index is 1.66. The molecule has 0 saturated heterocycles. The molecule has 0 saturated carbocycles. The molecule has 3 nitrogen and oxygen atoms in total. The van der Waals surface area contributed by atoms with Crippen LogP contribution in [0.5, 0.6) is 0 Å². The van der Waals surface area contributed by atoms with Crippen molar-refractivity contribution in [1.82, 2.24) is 0 Å². The van der Waals surface area contributed by atoms with Gasteiger partial charge in [-0.3, -0.25) is 15.7 Å². The van der Waals surface area contributed by atoms with Crippen molar-refractivity contribution in [3.05, 3.63) is 126 Å². The van der Waals surface area contributed by atoms with E-state index >= 15 is 0 Å². The molecular formula is C30H29N3. The van der Waals surface area contributed by atoms with Crippen LogP contribution in [0.4, 0.5) is 5.69 Å². The molecule has 4 aromatic rings. The lowest BCUT2D eigenvalue weighted by atomic mass is 9.97. The number of hydrogen-bond donors (Lipinski definition) is 2. The normalized spacial score (nSPS) is 11.6. The highest BCUT2D eigenvalue weighted by atomic mass is 15.2. The van der Waals surface area contributed by atoms with Gasteiger partial charge in [-0.15, -0.1) is 0 Å². The molecule has 0 heterocycles. The van der Waals surface area contributed by atoms with Crippen LogP contribution in [-0.4, -0.2) is 11.7 Å². The molecule has 3 heteroatoms. The Kier molecular flexibility index (Phi) is 6.80. The summed E-state index contributed by atoms with van der Waals surface area (Å²) in [7, 11) is 0. The highest BCUT2D eigenvalue weighted by Crippen LogP contribution is 2.24. The standard InChI is InChI=1S/C30H29N3/c1-3-22(2)23-14-18-26(19-15-23)29(31)33(28-12-8-5-9-13-28)30(32)27-20-16-25(17-21-27)24-10-6-4-7-11-24/h4-22,31-32H,3H2,1-2H3. The van der Waals surface area contributed by atoms with E-state index in [1.165, 1.54) is 5.56 Å². The Morgan fingerprint density at radius 3 is 1.61 bits per heavy atom. The van der Waals surface area contributed by atoms with Crippen LogP contribution in [0.1, 0.15) is 42.9 Å². The molecule has 164 valence electrons. The van der Waals surface area contributed by atoms with Gasteiger partial charge >= 0.3 is 0 Å². The van der Waals surface area contributed by atoms with Crippen LogP contribution in [0.15, 0.2) is 109 Å². The maximum absolute atomic E-state index is 9.00. The monoisotopic (exact) mass is 431 g/mol. The van der Waals surface area contributed by atoms with Crippen LogP contribution in [0, 0.1) is 10.8 Å². The molecule has 0 radical (unpaired) electrons. The van der Waals surface area contributed by atoms with Crippen molar-refractivity contribution in [3.8, 4) is 11.1 Å². The number of benzene rings is 4. The smallest absolute Gasteiger partial charge is 0.138 e. The number of anilines is 1. The highest BCUT2D eigenvalue weighted by molar-refractivity contribution is 6.27. The SMILES string of the molecule is CCC(C)c1ccc(C(=N)N(C(=N)c2ccc(-c3ccccc3)cc2)c2ccccc2)cc1. The van der Waals surface area contributed by atoms with Gasteiger partial charge in [0, 0.05) is 16.8 Å². The first-order valence-corrected chi connectivity index (χ1v) is 11.4. The summed E-state index contributed by atoms with van der Waals surface area (Å²) in [5.41, 5.74) is 5.87. The van der Waals surface area contributed by atoms with E-state index in [4.69, 9.17) is 10.8 Å². The minimum absolute atomic E-state index is 0.275. The Morgan fingerprint density at radius 1 is 0.636 bits per heavy atom. The molecular weight excluding hydrogens is 402 g/mol. The summed E-state index contributed by atoms with van der Waals surface area (Å²) in [6.07, 6.45) is 1.08. The summed E-state index contributed by atoms with van der Waals surface area (Å²) in [5, 5.41) is 18.0. The molecule has 4 rings (SSSR count). The van der Waals surface area contributed by atoms with Crippen molar-refractivity contribution >= 4 is 17.4 Å². The first kappa shape index (κ1) is 22.2. The van der Waals surface area contributed by atoms with Gasteiger partial charge in [0.15, 0.2) is 0 Å². The van der Waals surface area contributed by atoms with Crippen LogP contribution < -0.4 is 4.90 Å². The first-order chi connectivity index (χ1) is 16.1. The molecule has 0 fully saturated rings. The number of rotatable bonds is 6. The first-order valence-electron chi connectivity index (χ1n) is 11.4. The third-order valence-electron chi connectivity index (χ3n) is 6.09. The maximum Gasteiger partial charge on any atom is 0.138 e. The Labute approximate surface area is 196 Å². The zero-order chi connectivity index (χ0) is 23.2. The van der Waals surface area contributed by atoms with E-state index in [1.54, 1.807) is 4.90 Å². The highest BCUT2D eigenvalue weighted by Gasteiger charge is 2.20. The van der Waals surface area contributed by atoms with E-state index in [9.17, 15) is 0 Å². The van der Waals surface area contributed by atoms with E-state index < -0.39 is 0 Å². The topological polar surface area (TPSA) is 50.9 Å². The average Bonchev–Trinajstić information content (AvgIpc) is 2.89. The maximum atomic E-state index is 9.00. The third-order valence-corrected chi connectivity index (χ3v) is 6.09. The van der Waals surface area contributed by atoms with E-state index in [-0.39, 0.29) is 11.7 Å². The van der Waals surface area contributed by atoms with E-state index in [0.29, 0.717) is 5.92 Å². The number of nitrogens with one attached hydrogen (secondary N) is 2. The molecule has 0 aliphatic heterocycles. The number of hydrogen-bond acceptors (Lipinski definition) is 2. The zero-order valence-electron chi connectivity index (χ0n) is 19.1. The molecule has 4 aromatic carbocycles. The van der Waals surface area contributed by atoms with Gasteiger partial charge in [-0.05, 0) is 41.2 Å². The minimum Gasteiger partial charge on any atom is -0.284 e. The minimum atomic E-state index is 0.275. The van der Waals surface area contributed by atoms with Gasteiger partial charge in [-0.2, -0.15) is 0 Å². The van der Waals surface area contributed by atoms with E-state index in [2.05, 4.69) is 38.1 Å². The number of para-hydroxylation sites is 1. The number of amidine groups is 2. The molecule has 2 N–H and O–H groups in total. The molecule has 1 atom stereocenters. The average molecular weight is 432 g/mol. The lowest BCUT2D eigenvalue weighted by molar-refractivity contribution is 0.733. The van der Waals surface area contributed by atoms with Crippen molar-refractivity contribution in [2.24, 2.45) is 0 Å². The zero-order valence-corrected chi connectivity index (χ0v) is 19.1. The summed E-state index contributed by atoms with van der Waals surface area (Å²) in [4.78, 5) is 1.70. The molecule has 0 spiro atoms. The molecule has 0 amide bonds. The third kappa shape index (κ3) is 4.93. The van der Waals surface area contributed by atoms with Gasteiger partial charge in [0.05, 0.1) is 0 Å². The van der Waals surface area contributed by atoms with Crippen LogP contribution >= 0.6 is 0 Å². The second kappa shape index (κ2) is 10.1. The summed E-state index contributed by atoms with van der Waals surface area (Å²) in [6.45, 7) is 4.40. The summed E-state index contributed by atoms with van der Waals surface area (Å²) in [5.74, 6) is 1.05. The summed E-state index contributed by atoms with van der Waals surface area (Å²) >= 11 is 0. The molecule has 0 aliphatic carbocycles. The predicted molar refractivity (Wildman–Crippen MR) is 140 cm³/mol. The van der Waals surface area contributed by atoms with Gasteiger partial charge in [0.2, 0.25) is 0 Å². The Bertz CT molecular complexity index is 1210. The Morgan fingerprint density at radius 2 is 1.09 bits per heavy atom. The molecule has 0 aliphatic rings. The van der Waals surface area contributed by atoms with Crippen LogP contribution in [0.25, 0.3) is 11.1 Å². The van der Waals surface area contributed by atoms with Crippen molar-refractivity contribution in [2.45, 2.75) is 26.2 Å². The van der Waals surface area contributed by atoms with E-state index in [1.807, 2.05) is 84.9 Å². The van der Waals surface area contributed by atoms with Crippen LogP contribution in [0.2, 0.25) is 0 Å². The lowest BCUT2D eigenvalue weighted by Crippen LogP contribution is -2.37. The van der Waals surface area contributed by atoms with Crippen LogP contribution in [0.3, 0.4) is 0 Å². The molecule has 1 unspecified atom stereocenters. The van der Waals surface area contributed by atoms with Crippen molar-refractivity contribution in [1.29, 1.82) is 10.8 Å². The largest absolute Gasteiger partial charge is 0.284 e. The second-order valence-electron chi connectivity index (χ2n) is 8.24. The van der Waals surface area contributed by atoms with Gasteiger partial charge in [-0.1, -0.05) is 111 Å². The Hall–Kier alpha value is -3.98. The van der Waals surface area contributed by atoms with Crippen LogP contribution in [-0.2, 0) is 0 Å². The fraction of sp³-hybridized carbons (Fsp3) is 0.133. The van der Waals surface area contributed by atoms with Gasteiger partial charge < -0.3 is 0 Å². The summed E-state index contributed by atoms with van der Waals surface area (Å²) in [6, 6.07) is 36.1. The van der Waals surface area contributed by atoms with Crippen molar-refractivity contribution in [2.75, 3.05) is 4.90 Å². The van der Waals surface area contributed by atoms with Gasteiger partial charge in [0.1, 0.15) is 11.7 Å². The second-order valence-corrected chi connectivity index (χ2v) is 8.24. The lowest BCUT2D eigenvalue weighted by Gasteiger charge is -2.26. The summed E-state index contributed by atoms with van der Waals surface area (Å²) < 4.78 is 0. The predicted octanol–water partition coefficient (Wildman–Crippen LogP) is 7.72. The van der Waals surface area contributed by atoms with E-state index in [0.717, 1.165) is 34.4 Å². The molecule has 0 bridgehead atoms. The van der Waals surface area contributed by atoms with Gasteiger partial charge in [0.25, 0.3) is 0 Å². The van der Waals surface area contributed by atoms with Crippen molar-refractivity contribution < 1.29 is 0 Å². The van der Waals surface area contributed by atoms with Gasteiger partial charge in [-0.25, -0.2) is 0 Å². The van der Waals surface area contributed by atoms with Crippen molar-refractivity contribution in [3.63, 3.8) is 0 Å². The fourth-order valence-electron chi connectivity index (χ4n) is 3.86. The fourth-order valence-corrected chi connectivity index (χ4v) is 3.86.